The lowest BCUT2D eigenvalue weighted by Gasteiger charge is -2.23. The van der Waals surface area contributed by atoms with Crippen molar-refractivity contribution >= 4 is 50.1 Å². The summed E-state index contributed by atoms with van der Waals surface area (Å²) < 4.78 is 4.81. The zero-order chi connectivity index (χ0) is 35.7. The number of hydrogen-bond donors (Lipinski definition) is 1. The third-order valence-electron chi connectivity index (χ3n) is 9.65. The molecule has 0 fully saturated rings. The number of nitrogens with zero attached hydrogens (tertiary/aromatic N) is 2. The molecule has 2 aromatic heterocycles. The fourth-order valence-electron chi connectivity index (χ4n) is 7.38. The number of allylic oxidation sites excluding steroid dienone is 9. The Morgan fingerprint density at radius 3 is 2.22 bits per heavy atom. The molecule has 0 aliphatic heterocycles. The Bertz CT molecular complexity index is 2300. The molecule has 0 amide bonds. The van der Waals surface area contributed by atoms with Gasteiger partial charge in [-0.05, 0) is 85.7 Å². The Hall–Kier alpha value is -5.54. The van der Waals surface area contributed by atoms with Crippen LogP contribution in [0, 0.1) is 0 Å². The maximum Gasteiger partial charge on any atom is 0.0858 e. The van der Waals surface area contributed by atoms with Gasteiger partial charge >= 0.3 is 0 Å². The molecule has 0 radical (unpaired) electrons. The Balaban J connectivity index is 0.00000108. The van der Waals surface area contributed by atoms with Crippen molar-refractivity contribution in [3.8, 4) is 0 Å². The van der Waals surface area contributed by atoms with Crippen LogP contribution in [0.3, 0.4) is 0 Å². The van der Waals surface area contributed by atoms with Gasteiger partial charge in [-0.15, -0.1) is 0 Å². The van der Waals surface area contributed by atoms with E-state index >= 15 is 0 Å². The molecule has 0 spiro atoms. The second kappa shape index (κ2) is 16.4. The van der Waals surface area contributed by atoms with E-state index in [4.69, 9.17) is 0 Å². The first-order valence-corrected chi connectivity index (χ1v) is 18.7. The first-order chi connectivity index (χ1) is 25.2. The topological polar surface area (TPSA) is 21.9 Å². The van der Waals surface area contributed by atoms with Crippen LogP contribution in [-0.4, -0.2) is 9.24 Å². The van der Waals surface area contributed by atoms with Crippen molar-refractivity contribution in [3.05, 3.63) is 174 Å². The Morgan fingerprint density at radius 2 is 1.47 bits per heavy atom. The average Bonchev–Trinajstić information content (AvgIpc) is 3.70. The molecule has 51 heavy (non-hydrogen) atoms. The van der Waals surface area contributed by atoms with Crippen molar-refractivity contribution in [1.29, 1.82) is 0 Å². The van der Waals surface area contributed by atoms with E-state index < -0.39 is 0 Å². The van der Waals surface area contributed by atoms with E-state index in [1.165, 1.54) is 71.9 Å². The summed E-state index contributed by atoms with van der Waals surface area (Å²) in [5.41, 5.74) is 16.8. The molecule has 3 heteroatoms. The van der Waals surface area contributed by atoms with Gasteiger partial charge in [-0.3, -0.25) is 4.68 Å². The molecule has 2 aliphatic rings. The van der Waals surface area contributed by atoms with Crippen LogP contribution in [0.4, 0.5) is 0 Å². The van der Waals surface area contributed by atoms with Crippen LogP contribution in [-0.2, 0) is 6.42 Å². The highest BCUT2D eigenvalue weighted by Crippen LogP contribution is 2.40. The lowest BCUT2D eigenvalue weighted by atomic mass is 9.90. The summed E-state index contributed by atoms with van der Waals surface area (Å²) in [7, 11) is 0. The Labute approximate surface area is 304 Å². The van der Waals surface area contributed by atoms with Crippen LogP contribution in [0.15, 0.2) is 152 Å². The van der Waals surface area contributed by atoms with E-state index in [-0.39, 0.29) is 6.04 Å². The predicted molar refractivity (Wildman–Crippen MR) is 225 cm³/mol. The first kappa shape index (κ1) is 35.3. The SMILES string of the molecule is C=C/C=C(C)/C=C\C(Nn1c2c(c3ccccc31)C=C(c1ccc3c(c1)c1ccccc1n3C1=CC=CCC1)CC2)c1ccccc1.CC.CC. The molecule has 6 aromatic rings. The Kier molecular flexibility index (Phi) is 11.4. The van der Waals surface area contributed by atoms with Gasteiger partial charge in [0.05, 0.1) is 22.6 Å². The molecule has 1 N–H and O–H groups in total. The molecule has 0 saturated heterocycles. The molecule has 8 rings (SSSR count). The second-order valence-corrected chi connectivity index (χ2v) is 12.6. The smallest absolute Gasteiger partial charge is 0.0858 e. The maximum atomic E-state index is 3.91. The zero-order valence-electron chi connectivity index (χ0n) is 30.9. The fourth-order valence-corrected chi connectivity index (χ4v) is 7.38. The van der Waals surface area contributed by atoms with E-state index in [0.29, 0.717) is 0 Å². The summed E-state index contributed by atoms with van der Waals surface area (Å²) >= 11 is 0. The van der Waals surface area contributed by atoms with E-state index in [0.717, 1.165) is 25.7 Å². The van der Waals surface area contributed by atoms with Crippen molar-refractivity contribution in [2.45, 2.75) is 66.3 Å². The van der Waals surface area contributed by atoms with Crippen molar-refractivity contribution < 1.29 is 0 Å². The van der Waals surface area contributed by atoms with Crippen LogP contribution >= 0.6 is 0 Å². The van der Waals surface area contributed by atoms with Gasteiger partial charge in [0.15, 0.2) is 0 Å². The molecule has 3 nitrogen and oxygen atoms in total. The number of fused-ring (bicyclic) bond motifs is 6. The standard InChI is InChI=1S/C44H39N3.2C2H6/c1-3-14-31(2)23-26-40(32-15-6-4-7-16-32)45-47-43-22-13-11-20-37(43)39-30-34(25-28-44(39)47)33-24-27-42-38(29-33)36-19-10-12-21-41(36)46(42)35-17-8-5-9-18-35;2*1-2/h3-8,10-17,19-24,26-27,29-30,40,45H,1,9,18,25,28H2,2H3;2*1-2H3/b26-23-,31-14+;;. The van der Waals surface area contributed by atoms with Crippen LogP contribution < -0.4 is 5.43 Å². The third-order valence-corrected chi connectivity index (χ3v) is 9.65. The average molecular weight is 670 g/mol. The number of aromatic nitrogens is 2. The van der Waals surface area contributed by atoms with Crippen LogP contribution in [0.5, 0.6) is 0 Å². The number of hydrogen-bond acceptors (Lipinski definition) is 1. The molecule has 1 unspecified atom stereocenters. The van der Waals surface area contributed by atoms with Gasteiger partial charge in [0, 0.05) is 33.1 Å². The quantitative estimate of drug-likeness (QED) is 0.160. The van der Waals surface area contributed by atoms with Gasteiger partial charge in [-0.2, -0.15) is 0 Å². The Morgan fingerprint density at radius 1 is 0.765 bits per heavy atom. The highest BCUT2D eigenvalue weighted by Gasteiger charge is 2.23. The lowest BCUT2D eigenvalue weighted by molar-refractivity contribution is 0.747. The first-order valence-electron chi connectivity index (χ1n) is 18.7. The third kappa shape index (κ3) is 7.07. The largest absolute Gasteiger partial charge is 0.314 e. The van der Waals surface area contributed by atoms with Gasteiger partial charge < -0.3 is 9.99 Å². The molecular weight excluding hydrogens is 619 g/mol. The summed E-state index contributed by atoms with van der Waals surface area (Å²) in [6.07, 6.45) is 21.6. The van der Waals surface area contributed by atoms with Crippen molar-refractivity contribution in [2.75, 3.05) is 5.43 Å². The van der Waals surface area contributed by atoms with Gasteiger partial charge in [-0.25, -0.2) is 0 Å². The fraction of sp³-hybridized carbons (Fsp3) is 0.208. The summed E-state index contributed by atoms with van der Waals surface area (Å²) in [6.45, 7) is 14.0. The molecule has 0 saturated carbocycles. The lowest BCUT2D eigenvalue weighted by Crippen LogP contribution is -2.22. The molecule has 2 heterocycles. The van der Waals surface area contributed by atoms with E-state index in [1.54, 1.807) is 0 Å². The van der Waals surface area contributed by atoms with Gasteiger partial charge in [0.1, 0.15) is 0 Å². The summed E-state index contributed by atoms with van der Waals surface area (Å²) in [6, 6.07) is 35.4. The number of rotatable bonds is 8. The number of benzene rings is 4. The normalized spacial score (nSPS) is 14.6. The number of para-hydroxylation sites is 2. The zero-order valence-corrected chi connectivity index (χ0v) is 30.9. The molecule has 4 aromatic carbocycles. The highest BCUT2D eigenvalue weighted by atomic mass is 15.4. The number of nitrogens with one attached hydrogen (secondary N) is 1. The summed E-state index contributed by atoms with van der Waals surface area (Å²) in [4.78, 5) is 0. The van der Waals surface area contributed by atoms with Crippen LogP contribution in [0.2, 0.25) is 0 Å². The second-order valence-electron chi connectivity index (χ2n) is 12.6. The maximum absolute atomic E-state index is 3.91. The van der Waals surface area contributed by atoms with Crippen LogP contribution in [0.1, 0.15) is 82.3 Å². The monoisotopic (exact) mass is 669 g/mol. The minimum Gasteiger partial charge on any atom is -0.314 e. The summed E-state index contributed by atoms with van der Waals surface area (Å²) in [5, 5.41) is 3.92. The van der Waals surface area contributed by atoms with Gasteiger partial charge in [0.25, 0.3) is 0 Å². The minimum atomic E-state index is 0.00384. The van der Waals surface area contributed by atoms with E-state index in [2.05, 4.69) is 162 Å². The minimum absolute atomic E-state index is 0.00384. The van der Waals surface area contributed by atoms with Crippen LogP contribution in [0.25, 0.3) is 50.1 Å². The van der Waals surface area contributed by atoms with Crippen molar-refractivity contribution in [3.63, 3.8) is 0 Å². The van der Waals surface area contributed by atoms with Crippen molar-refractivity contribution in [1.82, 2.24) is 9.24 Å². The summed E-state index contributed by atoms with van der Waals surface area (Å²) in [5.74, 6) is 0. The molecular formula is C48H51N3. The van der Waals surface area contributed by atoms with Gasteiger partial charge in [0.2, 0.25) is 0 Å². The van der Waals surface area contributed by atoms with E-state index in [1.807, 2.05) is 39.8 Å². The van der Waals surface area contributed by atoms with Crippen molar-refractivity contribution in [2.24, 2.45) is 0 Å². The highest BCUT2D eigenvalue weighted by molar-refractivity contribution is 6.11. The predicted octanol–water partition coefficient (Wildman–Crippen LogP) is 13.5. The molecule has 258 valence electrons. The molecule has 1 atom stereocenters. The van der Waals surface area contributed by atoms with Gasteiger partial charge in [-0.1, -0.05) is 149 Å². The molecule has 0 bridgehead atoms. The molecule has 2 aliphatic carbocycles. The van der Waals surface area contributed by atoms with E-state index in [9.17, 15) is 0 Å².